The number of hydrogen-bond donors (Lipinski definition) is 4. The highest BCUT2D eigenvalue weighted by Gasteiger charge is 2.33. The summed E-state index contributed by atoms with van der Waals surface area (Å²) < 4.78 is 17.5. The normalized spacial score (nSPS) is 13.0. The Morgan fingerprint density at radius 1 is 0.871 bits per heavy atom. The maximum absolute atomic E-state index is 10.5. The van der Waals surface area contributed by atoms with Gasteiger partial charge in [0.05, 0.1) is 0 Å². The van der Waals surface area contributed by atoms with Gasteiger partial charge in [0.1, 0.15) is 11.5 Å². The molecule has 2 aromatic carbocycles. The van der Waals surface area contributed by atoms with E-state index in [0.717, 1.165) is 29.7 Å². The van der Waals surface area contributed by atoms with Gasteiger partial charge in [-0.3, -0.25) is 0 Å². The summed E-state index contributed by atoms with van der Waals surface area (Å²) in [5.74, 6) is -1.26. The van der Waals surface area contributed by atoms with Gasteiger partial charge in [0, 0.05) is 17.7 Å². The van der Waals surface area contributed by atoms with Crippen molar-refractivity contribution in [2.24, 2.45) is 0 Å². The quantitative estimate of drug-likeness (QED) is 0.270. The Bertz CT molecular complexity index is 1110. The lowest BCUT2D eigenvalue weighted by Crippen LogP contribution is -2.05. The molecule has 2 aromatic rings. The third-order valence-electron chi connectivity index (χ3n) is 4.96. The topological polar surface area (TPSA) is 109 Å². The Hall–Kier alpha value is -3.74. The van der Waals surface area contributed by atoms with Crippen LogP contribution in [0.3, 0.4) is 0 Å². The number of hydrogen-bond acceptors (Lipinski definition) is 7. The van der Waals surface area contributed by atoms with E-state index >= 15 is 0 Å². The summed E-state index contributed by atoms with van der Waals surface area (Å²) in [5.41, 5.74) is 2.16. The molecule has 0 amide bonds. The Labute approximate surface area is 180 Å². The van der Waals surface area contributed by atoms with Crippen LogP contribution in [0, 0.1) is 6.92 Å². The minimum atomic E-state index is -0.392. The first kappa shape index (κ1) is 22.0. The van der Waals surface area contributed by atoms with Gasteiger partial charge in [-0.1, -0.05) is 31.6 Å². The van der Waals surface area contributed by atoms with Crippen molar-refractivity contribution in [2.75, 3.05) is 0 Å². The Balaban J connectivity index is 2.14. The van der Waals surface area contributed by atoms with Crippen LogP contribution in [0.15, 0.2) is 47.8 Å². The average molecular weight is 426 g/mol. The van der Waals surface area contributed by atoms with Gasteiger partial charge in [-0.15, -0.1) is 0 Å². The summed E-state index contributed by atoms with van der Waals surface area (Å²) in [7, 11) is 0. The van der Waals surface area contributed by atoms with Crippen molar-refractivity contribution in [3.8, 4) is 51.7 Å². The predicted molar refractivity (Wildman–Crippen MR) is 117 cm³/mol. The van der Waals surface area contributed by atoms with Gasteiger partial charge in [0.2, 0.25) is 23.0 Å². The second-order valence-corrected chi connectivity index (χ2v) is 7.31. The van der Waals surface area contributed by atoms with Crippen LogP contribution in [0.2, 0.25) is 0 Å². The summed E-state index contributed by atoms with van der Waals surface area (Å²) in [4.78, 5) is 0. The van der Waals surface area contributed by atoms with E-state index in [4.69, 9.17) is 14.2 Å². The fourth-order valence-corrected chi connectivity index (χ4v) is 2.88. The first-order valence-electron chi connectivity index (χ1n) is 9.90. The Kier molecular flexibility index (Phi) is 6.06. The Morgan fingerprint density at radius 3 is 2.06 bits per heavy atom. The molecule has 0 saturated heterocycles. The summed E-state index contributed by atoms with van der Waals surface area (Å²) in [6.07, 6.45) is 5.06. The van der Waals surface area contributed by atoms with Crippen LogP contribution < -0.4 is 14.2 Å². The van der Waals surface area contributed by atoms with Crippen LogP contribution in [-0.2, 0) is 0 Å². The zero-order chi connectivity index (χ0) is 22.9. The molecule has 0 aromatic heterocycles. The third-order valence-corrected chi connectivity index (χ3v) is 4.96. The average Bonchev–Trinajstić information content (AvgIpc) is 2.73. The number of phenolic OH excluding ortho intramolecular Hbond substituents is 4. The molecule has 164 valence electrons. The number of fused-ring (bicyclic) bond motifs is 2. The van der Waals surface area contributed by atoms with E-state index < -0.39 is 5.75 Å². The van der Waals surface area contributed by atoms with Crippen molar-refractivity contribution in [3.63, 3.8) is 0 Å². The second-order valence-electron chi connectivity index (χ2n) is 7.31. The molecular weight excluding hydrogens is 400 g/mol. The zero-order valence-corrected chi connectivity index (χ0v) is 17.9. The SMILES string of the molecule is C=C(/C=C(\C=C(/C)CC)Oc1c(O)cc(O)c2c1Oc1c(O)cc(O)c(C)c1O2)CC. The van der Waals surface area contributed by atoms with E-state index in [1.54, 1.807) is 13.0 Å². The molecule has 0 spiro atoms. The van der Waals surface area contributed by atoms with E-state index in [2.05, 4.69) is 6.58 Å². The highest BCUT2D eigenvalue weighted by atomic mass is 16.6. The summed E-state index contributed by atoms with van der Waals surface area (Å²) in [5, 5.41) is 41.0. The smallest absolute Gasteiger partial charge is 0.220 e. The molecule has 3 rings (SSSR count). The molecule has 0 radical (unpaired) electrons. The molecule has 0 saturated carbocycles. The standard InChI is InChI=1S/C24H26O7/c1-6-12(3)8-15(9-13(4)7-2)29-22-18(27)11-19(28)23-24(22)31-21-17(26)10-16(25)14(5)20(21)30-23/h8-11,25-28H,3,6-7H2,1-2,4-5H3/b13-9+,15-8+. The Morgan fingerprint density at radius 2 is 1.45 bits per heavy atom. The van der Waals surface area contributed by atoms with E-state index in [-0.39, 0.29) is 46.0 Å². The van der Waals surface area contributed by atoms with Crippen molar-refractivity contribution in [1.29, 1.82) is 0 Å². The van der Waals surface area contributed by atoms with E-state index in [9.17, 15) is 20.4 Å². The van der Waals surface area contributed by atoms with E-state index in [1.165, 1.54) is 0 Å². The number of rotatable bonds is 6. The van der Waals surface area contributed by atoms with Gasteiger partial charge in [0.25, 0.3) is 0 Å². The van der Waals surface area contributed by atoms with Crippen molar-refractivity contribution in [2.45, 2.75) is 40.5 Å². The van der Waals surface area contributed by atoms with Crippen LogP contribution in [-0.4, -0.2) is 20.4 Å². The van der Waals surface area contributed by atoms with Gasteiger partial charge in [-0.05, 0) is 38.8 Å². The second kappa shape index (κ2) is 8.55. The first-order chi connectivity index (χ1) is 14.7. The first-order valence-corrected chi connectivity index (χ1v) is 9.90. The van der Waals surface area contributed by atoms with Crippen molar-refractivity contribution >= 4 is 0 Å². The number of benzene rings is 2. The maximum atomic E-state index is 10.5. The van der Waals surface area contributed by atoms with Crippen LogP contribution in [0.4, 0.5) is 0 Å². The van der Waals surface area contributed by atoms with Gasteiger partial charge in [0.15, 0.2) is 23.0 Å². The zero-order valence-electron chi connectivity index (χ0n) is 17.9. The van der Waals surface area contributed by atoms with Crippen LogP contribution >= 0.6 is 0 Å². The number of aromatic hydroxyl groups is 4. The van der Waals surface area contributed by atoms with Crippen LogP contribution in [0.25, 0.3) is 0 Å². The molecule has 0 atom stereocenters. The van der Waals surface area contributed by atoms with Crippen molar-refractivity contribution < 1.29 is 34.6 Å². The van der Waals surface area contributed by atoms with E-state index in [1.807, 2.05) is 26.8 Å². The largest absolute Gasteiger partial charge is 0.507 e. The van der Waals surface area contributed by atoms with Crippen LogP contribution in [0.5, 0.6) is 51.7 Å². The fourth-order valence-electron chi connectivity index (χ4n) is 2.88. The predicted octanol–water partition coefficient (Wildman–Crippen LogP) is 6.30. The van der Waals surface area contributed by atoms with Gasteiger partial charge >= 0.3 is 0 Å². The lowest BCUT2D eigenvalue weighted by atomic mass is 10.1. The minimum Gasteiger partial charge on any atom is -0.507 e. The molecule has 1 heterocycles. The summed E-state index contributed by atoms with van der Waals surface area (Å²) in [6.45, 7) is 11.5. The summed E-state index contributed by atoms with van der Waals surface area (Å²) >= 11 is 0. The molecule has 7 nitrogen and oxygen atoms in total. The molecule has 0 aliphatic carbocycles. The number of phenols is 4. The lowest BCUT2D eigenvalue weighted by Gasteiger charge is -2.26. The van der Waals surface area contributed by atoms with Gasteiger partial charge < -0.3 is 34.6 Å². The summed E-state index contributed by atoms with van der Waals surface area (Å²) in [6, 6.07) is 2.19. The maximum Gasteiger partial charge on any atom is 0.220 e. The molecule has 7 heteroatoms. The van der Waals surface area contributed by atoms with Crippen molar-refractivity contribution in [3.05, 3.63) is 53.3 Å². The highest BCUT2D eigenvalue weighted by Crippen LogP contribution is 2.60. The fraction of sp³-hybridized carbons (Fsp3) is 0.250. The highest BCUT2D eigenvalue weighted by molar-refractivity contribution is 5.73. The third kappa shape index (κ3) is 4.26. The molecule has 1 aliphatic heterocycles. The lowest BCUT2D eigenvalue weighted by molar-refractivity contribution is 0.294. The minimum absolute atomic E-state index is 0.0498. The molecule has 1 aliphatic rings. The van der Waals surface area contributed by atoms with Crippen LogP contribution in [0.1, 0.15) is 39.2 Å². The van der Waals surface area contributed by atoms with Gasteiger partial charge in [-0.2, -0.15) is 0 Å². The number of ether oxygens (including phenoxy) is 3. The number of allylic oxidation sites excluding steroid dienone is 4. The molecule has 31 heavy (non-hydrogen) atoms. The van der Waals surface area contributed by atoms with E-state index in [0.29, 0.717) is 17.7 Å². The molecule has 0 unspecified atom stereocenters. The molecular formula is C24H26O7. The molecule has 4 N–H and O–H groups in total. The molecule has 0 bridgehead atoms. The molecule has 0 fully saturated rings. The van der Waals surface area contributed by atoms with Gasteiger partial charge in [-0.25, -0.2) is 0 Å². The monoisotopic (exact) mass is 426 g/mol. The van der Waals surface area contributed by atoms with Crippen molar-refractivity contribution in [1.82, 2.24) is 0 Å².